The normalized spacial score (nSPS) is 33.9. The van der Waals surface area contributed by atoms with Gasteiger partial charge in [0, 0.05) is 0 Å². The number of cyclic esters (lactones) is 4. The highest BCUT2D eigenvalue weighted by molar-refractivity contribution is 6.05. The van der Waals surface area contributed by atoms with E-state index in [9.17, 15) is 38.4 Å². The minimum Gasteiger partial charge on any atom is -0.469 e. The highest BCUT2D eigenvalue weighted by atomic mass is 16.6. The Morgan fingerprint density at radius 3 is 1.19 bits per heavy atom. The molecular weight excluding hydrogens is 488 g/mol. The monoisotopic (exact) mass is 512 g/mol. The molecule has 14 heteroatoms. The van der Waals surface area contributed by atoms with Crippen molar-refractivity contribution in [2.45, 2.75) is 12.8 Å². The lowest BCUT2D eigenvalue weighted by Crippen LogP contribution is -2.37. The summed E-state index contributed by atoms with van der Waals surface area (Å²) in [6.45, 7) is 0. The summed E-state index contributed by atoms with van der Waals surface area (Å²) in [6, 6.07) is 0. The zero-order valence-electron chi connectivity index (χ0n) is 19.7. The number of fused-ring (bicyclic) bond motifs is 3. The van der Waals surface area contributed by atoms with Gasteiger partial charge in [-0.15, -0.1) is 0 Å². The first kappa shape index (κ1) is 26.8. The van der Waals surface area contributed by atoms with Gasteiger partial charge in [0.25, 0.3) is 0 Å². The van der Waals surface area contributed by atoms with Crippen molar-refractivity contribution in [1.82, 2.24) is 0 Å². The third-order valence-corrected chi connectivity index (χ3v) is 7.03. The van der Waals surface area contributed by atoms with Gasteiger partial charge in [0.2, 0.25) is 0 Å². The van der Waals surface area contributed by atoms with Crippen LogP contribution in [0.25, 0.3) is 0 Å². The molecule has 8 atom stereocenters. The second-order valence-electron chi connectivity index (χ2n) is 8.57. The summed E-state index contributed by atoms with van der Waals surface area (Å²) >= 11 is 0. The third-order valence-electron chi connectivity index (χ3n) is 7.03. The van der Waals surface area contributed by atoms with Crippen LogP contribution in [0.4, 0.5) is 0 Å². The molecule has 0 aromatic heterocycles. The highest BCUT2D eigenvalue weighted by Gasteiger charge is 2.65. The average molecular weight is 512 g/mol. The van der Waals surface area contributed by atoms with Gasteiger partial charge in [-0.25, -0.2) is 0 Å². The van der Waals surface area contributed by atoms with E-state index in [1.807, 2.05) is 0 Å². The Balaban J connectivity index is 0.000000210. The fraction of sp³-hybridized carbons (Fsp3) is 0.636. The summed E-state index contributed by atoms with van der Waals surface area (Å²) in [5.74, 6) is -12.7. The van der Waals surface area contributed by atoms with E-state index in [0.717, 1.165) is 28.4 Å². The number of rotatable bonds is 4. The van der Waals surface area contributed by atoms with Crippen LogP contribution in [0.5, 0.6) is 0 Å². The number of hydrogen-bond acceptors (Lipinski definition) is 14. The summed E-state index contributed by atoms with van der Waals surface area (Å²) in [7, 11) is 4.59. The molecule has 14 nitrogen and oxygen atoms in total. The molecule has 0 N–H and O–H groups in total. The van der Waals surface area contributed by atoms with E-state index >= 15 is 0 Å². The zero-order chi connectivity index (χ0) is 26.9. The van der Waals surface area contributed by atoms with E-state index in [1.165, 1.54) is 0 Å². The number of carbonyl (C=O) groups is 8. The van der Waals surface area contributed by atoms with Crippen molar-refractivity contribution in [3.8, 4) is 0 Å². The number of hydrogen-bond donors (Lipinski definition) is 0. The Kier molecular flexibility index (Phi) is 7.74. The fourth-order valence-corrected chi connectivity index (χ4v) is 5.41. The first-order valence-electron chi connectivity index (χ1n) is 10.8. The number of carbonyl (C=O) groups excluding carboxylic acids is 8. The fourth-order valence-electron chi connectivity index (χ4n) is 5.41. The van der Waals surface area contributed by atoms with E-state index in [2.05, 4.69) is 28.4 Å². The van der Waals surface area contributed by atoms with Gasteiger partial charge >= 0.3 is 47.8 Å². The minimum atomic E-state index is -1.14. The van der Waals surface area contributed by atoms with Crippen LogP contribution in [0, 0.1) is 47.3 Å². The summed E-state index contributed by atoms with van der Waals surface area (Å²) in [5, 5.41) is 0. The first-order valence-corrected chi connectivity index (χ1v) is 10.8. The molecule has 0 aromatic rings. The molecule has 2 saturated heterocycles. The number of ether oxygens (including phenoxy) is 6. The van der Waals surface area contributed by atoms with Gasteiger partial charge in [-0.05, 0) is 12.8 Å². The topological polar surface area (TPSA) is 192 Å². The maximum Gasteiger partial charge on any atom is 0.318 e. The Hall–Kier alpha value is -3.84. The van der Waals surface area contributed by atoms with E-state index in [4.69, 9.17) is 0 Å². The predicted molar refractivity (Wildman–Crippen MR) is 107 cm³/mol. The van der Waals surface area contributed by atoms with Crippen molar-refractivity contribution < 1.29 is 66.8 Å². The molecule has 4 rings (SSSR count). The van der Waals surface area contributed by atoms with Gasteiger partial charge in [-0.2, -0.15) is 0 Å². The van der Waals surface area contributed by atoms with Crippen molar-refractivity contribution in [1.29, 1.82) is 0 Å². The van der Waals surface area contributed by atoms with Gasteiger partial charge in [0.15, 0.2) is 0 Å². The molecule has 0 aromatic carbocycles. The molecule has 0 amide bonds. The van der Waals surface area contributed by atoms with E-state index in [1.54, 1.807) is 0 Å². The largest absolute Gasteiger partial charge is 0.469 e. The molecule has 8 unspecified atom stereocenters. The van der Waals surface area contributed by atoms with Crippen LogP contribution in [-0.4, -0.2) is 76.2 Å². The molecule has 2 aliphatic heterocycles. The standard InChI is InChI=1S/C13H18O8.C9H6O6/c1-18-10(14)6-5-7(11(15)19-2)9(13(17)21-4)8(6)12(16)20-3;10-6-2-1-3-5(4(2)8(12)14-6)9(13)15-7(3)11/h6-9H,5H2,1-4H3;2-5H,1H2. The van der Waals surface area contributed by atoms with Gasteiger partial charge in [-0.3, -0.25) is 38.4 Å². The molecule has 2 saturated carbocycles. The summed E-state index contributed by atoms with van der Waals surface area (Å²) in [4.78, 5) is 92.5. The molecule has 36 heavy (non-hydrogen) atoms. The first-order chi connectivity index (χ1) is 17.0. The van der Waals surface area contributed by atoms with Crippen molar-refractivity contribution >= 4 is 47.8 Å². The lowest BCUT2D eigenvalue weighted by molar-refractivity contribution is -0.164. The Morgan fingerprint density at radius 2 is 0.889 bits per heavy atom. The molecule has 0 bridgehead atoms. The maximum atomic E-state index is 11.9. The molecule has 0 spiro atoms. The zero-order valence-corrected chi connectivity index (χ0v) is 19.7. The van der Waals surface area contributed by atoms with E-state index < -0.39 is 95.1 Å². The highest BCUT2D eigenvalue weighted by Crippen LogP contribution is 2.50. The van der Waals surface area contributed by atoms with Crippen LogP contribution in [0.1, 0.15) is 12.8 Å². The minimum absolute atomic E-state index is 0.0428. The SMILES string of the molecule is COC(=O)C1CC(C(=O)OC)C(C(=O)OC)C1C(=O)OC.O=C1OC(=O)C2C1CC1C(=O)OC(=O)C12. The van der Waals surface area contributed by atoms with Crippen LogP contribution < -0.4 is 0 Å². The van der Waals surface area contributed by atoms with Crippen LogP contribution in [0.2, 0.25) is 0 Å². The van der Waals surface area contributed by atoms with Crippen molar-refractivity contribution in [3.63, 3.8) is 0 Å². The summed E-state index contributed by atoms with van der Waals surface area (Å²) in [5.41, 5.74) is 0. The predicted octanol–water partition coefficient (Wildman–Crippen LogP) is -1.43. The lowest BCUT2D eigenvalue weighted by Gasteiger charge is -2.21. The molecule has 4 fully saturated rings. The molecular formula is C22H24O14. The van der Waals surface area contributed by atoms with Gasteiger partial charge < -0.3 is 28.4 Å². The second kappa shape index (κ2) is 10.4. The van der Waals surface area contributed by atoms with Gasteiger partial charge in [0.1, 0.15) is 0 Å². The quantitative estimate of drug-likeness (QED) is 0.242. The van der Waals surface area contributed by atoms with Crippen molar-refractivity contribution in [3.05, 3.63) is 0 Å². The molecule has 0 radical (unpaired) electrons. The third kappa shape index (κ3) is 4.42. The number of esters is 8. The van der Waals surface area contributed by atoms with Crippen LogP contribution >= 0.6 is 0 Å². The van der Waals surface area contributed by atoms with E-state index in [-0.39, 0.29) is 12.8 Å². The van der Waals surface area contributed by atoms with Crippen LogP contribution in [0.3, 0.4) is 0 Å². The molecule has 2 heterocycles. The van der Waals surface area contributed by atoms with Crippen LogP contribution in [-0.2, 0) is 66.8 Å². The van der Waals surface area contributed by atoms with Crippen LogP contribution in [0.15, 0.2) is 0 Å². The second-order valence-corrected chi connectivity index (χ2v) is 8.57. The Bertz CT molecular complexity index is 936. The van der Waals surface area contributed by atoms with Crippen molar-refractivity contribution in [2.24, 2.45) is 47.3 Å². The molecule has 196 valence electrons. The summed E-state index contributed by atoms with van der Waals surface area (Å²) in [6.07, 6.45) is 0.142. The van der Waals surface area contributed by atoms with Crippen molar-refractivity contribution in [2.75, 3.05) is 28.4 Å². The Morgan fingerprint density at radius 1 is 0.556 bits per heavy atom. The molecule has 2 aliphatic carbocycles. The average Bonchev–Trinajstić information content (AvgIpc) is 3.59. The smallest absolute Gasteiger partial charge is 0.318 e. The maximum absolute atomic E-state index is 11.9. The number of methoxy groups -OCH3 is 4. The Labute approximate surface area is 203 Å². The van der Waals surface area contributed by atoms with E-state index in [0.29, 0.717) is 0 Å². The lowest BCUT2D eigenvalue weighted by atomic mass is 9.86. The molecule has 4 aliphatic rings. The van der Waals surface area contributed by atoms with Gasteiger partial charge in [-0.1, -0.05) is 0 Å². The summed E-state index contributed by atoms with van der Waals surface area (Å²) < 4.78 is 27.4. The van der Waals surface area contributed by atoms with Gasteiger partial charge in [0.05, 0.1) is 75.8 Å².